The number of nitrogens with zero attached hydrogens (tertiary/aromatic N) is 1. The first-order chi connectivity index (χ1) is 12.5. The summed E-state index contributed by atoms with van der Waals surface area (Å²) in [4.78, 5) is 33.1. The van der Waals surface area contributed by atoms with Gasteiger partial charge in [0.25, 0.3) is 5.56 Å². The van der Waals surface area contributed by atoms with E-state index in [0.717, 1.165) is 0 Å². The van der Waals surface area contributed by atoms with E-state index < -0.39 is 5.97 Å². The minimum atomic E-state index is -1.03. The molecule has 0 aliphatic heterocycles. The third-order valence-corrected chi connectivity index (χ3v) is 4.13. The number of phenols is 1. The molecule has 7 heteroatoms. The second-order valence-corrected chi connectivity index (χ2v) is 5.74. The van der Waals surface area contributed by atoms with Crippen molar-refractivity contribution < 1.29 is 15.0 Å². The number of aromatic nitrogens is 3. The average molecular weight is 347 g/mol. The predicted molar refractivity (Wildman–Crippen MR) is 96.2 cm³/mol. The molecule has 2 heterocycles. The highest BCUT2D eigenvalue weighted by Gasteiger charge is 2.16. The monoisotopic (exact) mass is 347 g/mol. The zero-order chi connectivity index (χ0) is 18.3. The van der Waals surface area contributed by atoms with Crippen molar-refractivity contribution in [1.82, 2.24) is 15.0 Å². The van der Waals surface area contributed by atoms with Gasteiger partial charge in [0.15, 0.2) is 0 Å². The number of imidazole rings is 1. The van der Waals surface area contributed by atoms with Gasteiger partial charge in [-0.05, 0) is 36.4 Å². The molecule has 0 bridgehead atoms. The maximum atomic E-state index is 12.0. The number of hydrogen-bond acceptors (Lipinski definition) is 4. The number of hydrogen-bond donors (Lipinski definition) is 4. The Morgan fingerprint density at radius 1 is 1.00 bits per heavy atom. The standard InChI is InChI=1S/C19H13N3O4/c23-16-11(12-5-2-8-20-18(12)24)3-1-4-13(16)17-21-14-7-6-10(19(25)26)9-15(14)22-17/h1-9,23H,(H,20,24)(H,21,22)(H,25,26). The number of fused-ring (bicyclic) bond motifs is 1. The van der Waals surface area contributed by atoms with Gasteiger partial charge < -0.3 is 20.2 Å². The number of aromatic hydroxyl groups is 1. The summed E-state index contributed by atoms with van der Waals surface area (Å²) in [6.07, 6.45) is 1.52. The van der Waals surface area contributed by atoms with E-state index in [1.165, 1.54) is 18.3 Å². The summed E-state index contributed by atoms with van der Waals surface area (Å²) in [6.45, 7) is 0. The van der Waals surface area contributed by atoms with Crippen LogP contribution in [0.1, 0.15) is 10.4 Å². The molecule has 0 aliphatic rings. The van der Waals surface area contributed by atoms with E-state index in [9.17, 15) is 14.7 Å². The van der Waals surface area contributed by atoms with E-state index in [2.05, 4.69) is 15.0 Å². The summed E-state index contributed by atoms with van der Waals surface area (Å²) in [5, 5.41) is 19.8. The Morgan fingerprint density at radius 3 is 2.54 bits per heavy atom. The van der Waals surface area contributed by atoms with Crippen LogP contribution in [0.2, 0.25) is 0 Å². The second kappa shape index (κ2) is 5.89. The first-order valence-electron chi connectivity index (χ1n) is 7.78. The highest BCUT2D eigenvalue weighted by molar-refractivity contribution is 5.93. The molecule has 0 saturated carbocycles. The molecule has 0 fully saturated rings. The van der Waals surface area contributed by atoms with Gasteiger partial charge in [-0.3, -0.25) is 4.79 Å². The number of carbonyl (C=O) groups is 1. The van der Waals surface area contributed by atoms with Crippen LogP contribution in [0.3, 0.4) is 0 Å². The van der Waals surface area contributed by atoms with E-state index >= 15 is 0 Å². The van der Waals surface area contributed by atoms with Crippen LogP contribution in [0, 0.1) is 0 Å². The molecule has 2 aromatic carbocycles. The summed E-state index contributed by atoms with van der Waals surface area (Å²) in [7, 11) is 0. The lowest BCUT2D eigenvalue weighted by Crippen LogP contribution is -2.07. The van der Waals surface area contributed by atoms with Crippen molar-refractivity contribution in [2.75, 3.05) is 0 Å². The number of carboxylic acid groups (broad SMARTS) is 1. The molecule has 0 amide bonds. The largest absolute Gasteiger partial charge is 0.507 e. The number of benzene rings is 2. The quantitative estimate of drug-likeness (QED) is 0.454. The van der Waals surface area contributed by atoms with Crippen molar-refractivity contribution in [2.24, 2.45) is 0 Å². The SMILES string of the molecule is O=C(O)c1ccc2nc(-c3cccc(-c4ccc[nH]c4=O)c3O)[nH]c2c1. The van der Waals surface area contributed by atoms with Crippen LogP contribution in [0.5, 0.6) is 5.75 Å². The molecule has 2 aromatic heterocycles. The van der Waals surface area contributed by atoms with E-state index in [0.29, 0.717) is 33.5 Å². The zero-order valence-electron chi connectivity index (χ0n) is 13.4. The molecule has 7 nitrogen and oxygen atoms in total. The van der Waals surface area contributed by atoms with E-state index in [4.69, 9.17) is 5.11 Å². The summed E-state index contributed by atoms with van der Waals surface area (Å²) in [5.74, 6) is -0.729. The van der Waals surface area contributed by atoms with Gasteiger partial charge in [0.05, 0.1) is 27.7 Å². The zero-order valence-corrected chi connectivity index (χ0v) is 13.4. The van der Waals surface area contributed by atoms with Gasteiger partial charge in [0.1, 0.15) is 11.6 Å². The average Bonchev–Trinajstić information content (AvgIpc) is 3.05. The molecular weight excluding hydrogens is 334 g/mol. The van der Waals surface area contributed by atoms with Gasteiger partial charge >= 0.3 is 5.97 Å². The predicted octanol–water partition coefficient (Wildman–Crippen LogP) is 2.99. The number of aromatic amines is 2. The molecule has 0 unspecified atom stereocenters. The van der Waals surface area contributed by atoms with Crippen molar-refractivity contribution in [3.05, 3.63) is 70.6 Å². The van der Waals surface area contributed by atoms with Gasteiger partial charge in [-0.15, -0.1) is 0 Å². The summed E-state index contributed by atoms with van der Waals surface area (Å²) in [5.41, 5.74) is 2.10. The highest BCUT2D eigenvalue weighted by Crippen LogP contribution is 2.36. The van der Waals surface area contributed by atoms with Gasteiger partial charge in [0.2, 0.25) is 0 Å². The minimum Gasteiger partial charge on any atom is -0.507 e. The lowest BCUT2D eigenvalue weighted by Gasteiger charge is -2.07. The van der Waals surface area contributed by atoms with Crippen molar-refractivity contribution in [3.63, 3.8) is 0 Å². The van der Waals surface area contributed by atoms with Crippen molar-refractivity contribution in [2.45, 2.75) is 0 Å². The van der Waals surface area contributed by atoms with E-state index in [1.807, 2.05) is 0 Å². The van der Waals surface area contributed by atoms with E-state index in [-0.39, 0.29) is 16.9 Å². The molecule has 4 N–H and O–H groups in total. The highest BCUT2D eigenvalue weighted by atomic mass is 16.4. The number of pyridine rings is 1. The maximum absolute atomic E-state index is 12.0. The second-order valence-electron chi connectivity index (χ2n) is 5.74. The number of rotatable bonds is 3. The number of phenolic OH excluding ortho intramolecular Hbond substituents is 1. The molecule has 0 saturated heterocycles. The van der Waals surface area contributed by atoms with Crippen LogP contribution in [-0.2, 0) is 0 Å². The molecule has 0 atom stereocenters. The number of nitrogens with one attached hydrogen (secondary N) is 2. The van der Waals surface area contributed by atoms with Crippen LogP contribution in [0.4, 0.5) is 0 Å². The molecule has 4 rings (SSSR count). The molecule has 26 heavy (non-hydrogen) atoms. The fraction of sp³-hybridized carbons (Fsp3) is 0. The van der Waals surface area contributed by atoms with Crippen molar-refractivity contribution in [1.29, 1.82) is 0 Å². The Morgan fingerprint density at radius 2 is 1.77 bits per heavy atom. The van der Waals surface area contributed by atoms with Crippen LogP contribution in [-0.4, -0.2) is 31.1 Å². The van der Waals surface area contributed by atoms with Crippen molar-refractivity contribution >= 4 is 17.0 Å². The minimum absolute atomic E-state index is 0.0817. The third-order valence-electron chi connectivity index (χ3n) is 4.13. The first-order valence-corrected chi connectivity index (χ1v) is 7.78. The van der Waals surface area contributed by atoms with Gasteiger partial charge in [-0.2, -0.15) is 0 Å². The molecule has 4 aromatic rings. The first kappa shape index (κ1) is 15.6. The molecule has 0 spiro atoms. The van der Waals surface area contributed by atoms with E-state index in [1.54, 1.807) is 36.4 Å². The lowest BCUT2D eigenvalue weighted by molar-refractivity contribution is 0.0697. The Labute approximate surface area is 146 Å². The van der Waals surface area contributed by atoms with Crippen LogP contribution >= 0.6 is 0 Å². The Bertz CT molecular complexity index is 1210. The number of carboxylic acids is 1. The Balaban J connectivity index is 1.88. The smallest absolute Gasteiger partial charge is 0.335 e. The van der Waals surface area contributed by atoms with Crippen LogP contribution in [0.15, 0.2) is 59.5 Å². The topological polar surface area (TPSA) is 119 Å². The van der Waals surface area contributed by atoms with Gasteiger partial charge in [-0.1, -0.05) is 12.1 Å². The summed E-state index contributed by atoms with van der Waals surface area (Å²) < 4.78 is 0. The molecular formula is C19H13N3O4. The lowest BCUT2D eigenvalue weighted by atomic mass is 10.0. The summed E-state index contributed by atoms with van der Waals surface area (Å²) >= 11 is 0. The van der Waals surface area contributed by atoms with Crippen molar-refractivity contribution in [3.8, 4) is 28.3 Å². The number of para-hydroxylation sites is 1. The molecule has 0 radical (unpaired) electrons. The normalized spacial score (nSPS) is 10.9. The number of H-pyrrole nitrogens is 2. The van der Waals surface area contributed by atoms with Crippen LogP contribution in [0.25, 0.3) is 33.5 Å². The maximum Gasteiger partial charge on any atom is 0.335 e. The van der Waals surface area contributed by atoms with Gasteiger partial charge in [-0.25, -0.2) is 9.78 Å². The Kier molecular flexibility index (Phi) is 3.54. The molecule has 0 aliphatic carbocycles. The number of aromatic carboxylic acids is 1. The fourth-order valence-electron chi connectivity index (χ4n) is 2.86. The molecule has 128 valence electrons. The van der Waals surface area contributed by atoms with Gasteiger partial charge in [0, 0.05) is 11.8 Å². The third kappa shape index (κ3) is 2.51. The summed E-state index contributed by atoms with van der Waals surface area (Å²) in [6, 6.07) is 12.9. The van der Waals surface area contributed by atoms with Crippen LogP contribution < -0.4 is 5.56 Å². The fourth-order valence-corrected chi connectivity index (χ4v) is 2.86. The Hall–Kier alpha value is -3.87.